The van der Waals surface area contributed by atoms with Gasteiger partial charge in [0.1, 0.15) is 0 Å². The maximum absolute atomic E-state index is 5.27. The Morgan fingerprint density at radius 3 is 2.40 bits per heavy atom. The van der Waals surface area contributed by atoms with Crippen LogP contribution in [0.15, 0.2) is 0 Å². The zero-order valence-electron chi connectivity index (χ0n) is 7.15. The molecular formula is C8H19NO. The Bertz CT molecular complexity index is 49.2. The van der Waals surface area contributed by atoms with E-state index in [1.54, 1.807) is 0 Å². The van der Waals surface area contributed by atoms with Gasteiger partial charge in [-0.3, -0.25) is 0 Å². The third-order valence-corrected chi connectivity index (χ3v) is 1.20. The van der Waals surface area contributed by atoms with Crippen molar-refractivity contribution in [1.82, 2.24) is 5.32 Å². The fraction of sp³-hybridized carbons (Fsp3) is 1.00. The van der Waals surface area contributed by atoms with Gasteiger partial charge in [0.05, 0.1) is 6.61 Å². The first-order valence-electron chi connectivity index (χ1n) is 4.20. The minimum absolute atomic E-state index is 0.855. The lowest BCUT2D eigenvalue weighted by Gasteiger charge is -2.02. The molecule has 2 nitrogen and oxygen atoms in total. The second kappa shape index (κ2) is 8.92. The highest BCUT2D eigenvalue weighted by Gasteiger charge is 1.84. The number of hydrogen-bond donors (Lipinski definition) is 1. The molecule has 0 aliphatic rings. The first kappa shape index (κ1) is 9.92. The van der Waals surface area contributed by atoms with Gasteiger partial charge in [0.25, 0.3) is 0 Å². The summed E-state index contributed by atoms with van der Waals surface area (Å²) in [5.41, 5.74) is 0. The molecule has 0 aromatic heterocycles. The van der Waals surface area contributed by atoms with Crippen molar-refractivity contribution in [1.29, 1.82) is 0 Å². The van der Waals surface area contributed by atoms with E-state index >= 15 is 0 Å². The SMILES string of the molecule is CCCNCCOCCC. The Balaban J connectivity index is 2.65. The van der Waals surface area contributed by atoms with Crippen molar-refractivity contribution in [3.8, 4) is 0 Å². The molecule has 0 unspecified atom stereocenters. The van der Waals surface area contributed by atoms with Crippen molar-refractivity contribution in [2.24, 2.45) is 0 Å². The summed E-state index contributed by atoms with van der Waals surface area (Å²) in [6.07, 6.45) is 2.32. The van der Waals surface area contributed by atoms with E-state index in [0.717, 1.165) is 32.7 Å². The van der Waals surface area contributed by atoms with E-state index in [2.05, 4.69) is 19.2 Å². The normalized spacial score (nSPS) is 10.2. The molecule has 0 spiro atoms. The summed E-state index contributed by atoms with van der Waals surface area (Å²) in [5, 5.41) is 3.27. The maximum atomic E-state index is 5.27. The van der Waals surface area contributed by atoms with Gasteiger partial charge in [-0.2, -0.15) is 0 Å². The highest BCUT2D eigenvalue weighted by atomic mass is 16.5. The largest absolute Gasteiger partial charge is 0.380 e. The molecule has 0 saturated carbocycles. The van der Waals surface area contributed by atoms with E-state index in [1.165, 1.54) is 6.42 Å². The third kappa shape index (κ3) is 7.92. The molecule has 0 atom stereocenters. The molecule has 0 aromatic carbocycles. The molecule has 0 heterocycles. The van der Waals surface area contributed by atoms with Crippen LogP contribution in [0.4, 0.5) is 0 Å². The van der Waals surface area contributed by atoms with Crippen molar-refractivity contribution in [3.63, 3.8) is 0 Å². The zero-order chi connectivity index (χ0) is 7.66. The smallest absolute Gasteiger partial charge is 0.0590 e. The van der Waals surface area contributed by atoms with Crippen LogP contribution in [0.5, 0.6) is 0 Å². The fourth-order valence-corrected chi connectivity index (χ4v) is 0.693. The van der Waals surface area contributed by atoms with E-state index in [9.17, 15) is 0 Å². The van der Waals surface area contributed by atoms with Crippen LogP contribution in [0.1, 0.15) is 26.7 Å². The van der Waals surface area contributed by atoms with Crippen LogP contribution in [-0.4, -0.2) is 26.3 Å². The van der Waals surface area contributed by atoms with Crippen LogP contribution in [0, 0.1) is 0 Å². The Morgan fingerprint density at radius 1 is 1.00 bits per heavy atom. The van der Waals surface area contributed by atoms with Crippen LogP contribution in [-0.2, 0) is 4.74 Å². The van der Waals surface area contributed by atoms with E-state index < -0.39 is 0 Å². The van der Waals surface area contributed by atoms with Gasteiger partial charge in [-0.05, 0) is 19.4 Å². The van der Waals surface area contributed by atoms with Crippen LogP contribution >= 0.6 is 0 Å². The lowest BCUT2D eigenvalue weighted by atomic mass is 10.5. The van der Waals surface area contributed by atoms with Gasteiger partial charge in [-0.1, -0.05) is 13.8 Å². The van der Waals surface area contributed by atoms with Gasteiger partial charge < -0.3 is 10.1 Å². The average molecular weight is 145 g/mol. The van der Waals surface area contributed by atoms with Crippen molar-refractivity contribution in [2.45, 2.75) is 26.7 Å². The molecule has 0 aliphatic carbocycles. The summed E-state index contributed by atoms with van der Waals surface area (Å²) in [5.74, 6) is 0. The van der Waals surface area contributed by atoms with Gasteiger partial charge in [0.15, 0.2) is 0 Å². The minimum atomic E-state index is 0.855. The summed E-state index contributed by atoms with van der Waals surface area (Å²) < 4.78 is 5.27. The number of ether oxygens (including phenoxy) is 1. The lowest BCUT2D eigenvalue weighted by Crippen LogP contribution is -2.20. The van der Waals surface area contributed by atoms with Crippen LogP contribution < -0.4 is 5.32 Å². The molecule has 0 rings (SSSR count). The molecule has 0 radical (unpaired) electrons. The van der Waals surface area contributed by atoms with Gasteiger partial charge in [0, 0.05) is 13.2 Å². The Labute approximate surface area is 64.0 Å². The van der Waals surface area contributed by atoms with E-state index in [1.807, 2.05) is 0 Å². The molecule has 62 valence electrons. The Kier molecular flexibility index (Phi) is 8.85. The molecule has 10 heavy (non-hydrogen) atoms. The fourth-order valence-electron chi connectivity index (χ4n) is 0.693. The predicted molar refractivity (Wildman–Crippen MR) is 44.3 cm³/mol. The number of hydrogen-bond acceptors (Lipinski definition) is 2. The maximum Gasteiger partial charge on any atom is 0.0590 e. The summed E-state index contributed by atoms with van der Waals surface area (Å²) in [4.78, 5) is 0. The first-order chi connectivity index (χ1) is 4.91. The highest BCUT2D eigenvalue weighted by Crippen LogP contribution is 1.78. The van der Waals surface area contributed by atoms with E-state index in [-0.39, 0.29) is 0 Å². The van der Waals surface area contributed by atoms with Gasteiger partial charge in [0.2, 0.25) is 0 Å². The molecule has 0 bridgehead atoms. The molecule has 1 N–H and O–H groups in total. The standard InChI is InChI=1S/C8H19NO/c1-3-5-9-6-8-10-7-4-2/h9H,3-8H2,1-2H3. The van der Waals surface area contributed by atoms with Crippen molar-refractivity contribution < 1.29 is 4.74 Å². The van der Waals surface area contributed by atoms with E-state index in [4.69, 9.17) is 4.74 Å². The number of nitrogens with one attached hydrogen (secondary N) is 1. The van der Waals surface area contributed by atoms with Gasteiger partial charge in [-0.15, -0.1) is 0 Å². The van der Waals surface area contributed by atoms with Crippen molar-refractivity contribution >= 4 is 0 Å². The van der Waals surface area contributed by atoms with Gasteiger partial charge in [-0.25, -0.2) is 0 Å². The van der Waals surface area contributed by atoms with Gasteiger partial charge >= 0.3 is 0 Å². The molecule has 0 aromatic rings. The monoisotopic (exact) mass is 145 g/mol. The Hall–Kier alpha value is -0.0800. The topological polar surface area (TPSA) is 21.3 Å². The summed E-state index contributed by atoms with van der Waals surface area (Å²) >= 11 is 0. The molecule has 0 fully saturated rings. The highest BCUT2D eigenvalue weighted by molar-refractivity contribution is 4.42. The molecule has 0 aliphatic heterocycles. The second-order valence-electron chi connectivity index (χ2n) is 2.36. The predicted octanol–water partition coefficient (Wildman–Crippen LogP) is 1.41. The summed E-state index contributed by atoms with van der Waals surface area (Å²) in [7, 11) is 0. The van der Waals surface area contributed by atoms with Crippen molar-refractivity contribution in [2.75, 3.05) is 26.3 Å². The molecule has 0 amide bonds. The Morgan fingerprint density at radius 2 is 1.80 bits per heavy atom. The van der Waals surface area contributed by atoms with Crippen LogP contribution in [0.25, 0.3) is 0 Å². The number of rotatable bonds is 7. The van der Waals surface area contributed by atoms with E-state index in [0.29, 0.717) is 0 Å². The van der Waals surface area contributed by atoms with Crippen LogP contribution in [0.3, 0.4) is 0 Å². The quantitative estimate of drug-likeness (QED) is 0.547. The lowest BCUT2D eigenvalue weighted by molar-refractivity contribution is 0.136. The molecular weight excluding hydrogens is 126 g/mol. The molecule has 0 saturated heterocycles. The summed E-state index contributed by atoms with van der Waals surface area (Å²) in [6.45, 7) is 8.14. The summed E-state index contributed by atoms with van der Waals surface area (Å²) in [6, 6.07) is 0. The molecule has 2 heteroatoms. The van der Waals surface area contributed by atoms with Crippen molar-refractivity contribution in [3.05, 3.63) is 0 Å². The minimum Gasteiger partial charge on any atom is -0.380 e. The second-order valence-corrected chi connectivity index (χ2v) is 2.36. The van der Waals surface area contributed by atoms with Crippen LogP contribution in [0.2, 0.25) is 0 Å². The first-order valence-corrected chi connectivity index (χ1v) is 4.20. The third-order valence-electron chi connectivity index (χ3n) is 1.20. The average Bonchev–Trinajstić information content (AvgIpc) is 1.97. The zero-order valence-corrected chi connectivity index (χ0v) is 7.15.